The van der Waals surface area contributed by atoms with Gasteiger partial charge in [-0.2, -0.15) is 0 Å². The van der Waals surface area contributed by atoms with E-state index in [9.17, 15) is 15.0 Å². The van der Waals surface area contributed by atoms with Crippen molar-refractivity contribution in [1.29, 1.82) is 0 Å². The van der Waals surface area contributed by atoms with E-state index < -0.39 is 11.9 Å². The van der Waals surface area contributed by atoms with Crippen molar-refractivity contribution in [3.05, 3.63) is 17.2 Å². The van der Waals surface area contributed by atoms with Crippen LogP contribution in [0, 0.1) is 0 Å². The number of carboxylic acid groups (broad SMARTS) is 2. The summed E-state index contributed by atoms with van der Waals surface area (Å²) >= 11 is 0. The van der Waals surface area contributed by atoms with Crippen molar-refractivity contribution in [2.24, 2.45) is 0 Å². The summed E-state index contributed by atoms with van der Waals surface area (Å²) in [6.45, 7) is 4.28. The summed E-state index contributed by atoms with van der Waals surface area (Å²) in [6, 6.07) is 1.96. The molecule has 396 valence electrons. The number of carbonyl (C=O) groups excluding carboxylic acids is 1. The standard InChI is InChI=1S/C56H101NO3.2C2H4O2/c58-52-45-39-33-27-21-16-18-24-30-36-42-48-57(49-43-37-31-25-19-17-22-28-34-40-46-52)55-51-44-38-32-26-20-14-12-10-8-6-4-2-1-3-5-7-9-11-13-15-23-29-35-41-47-53(55)56(60)54(59)50-51;2*1-2(3)4/h50,59-60H,1-49H2;2*1H3,(H,3,4). The van der Waals surface area contributed by atoms with E-state index in [1.807, 2.05) is 6.07 Å². The maximum atomic E-state index is 12.3. The molecule has 2 bridgehead atoms. The molecule has 1 heterocycles. The van der Waals surface area contributed by atoms with Crippen LogP contribution in [0.5, 0.6) is 11.5 Å². The SMILES string of the molecule is CC(=O)O.CC(=O)O.O=C1CCCCCCCCCCCCN(c2c3cc(O)c(O)c2CCCCCCCCCCCCCCCCCCCCCCCCC3)CCCCCCCCCCCC1. The minimum atomic E-state index is -0.833. The molecule has 1 aromatic carbocycles. The Morgan fingerprint density at radius 1 is 0.368 bits per heavy atom. The lowest BCUT2D eigenvalue weighted by atomic mass is 9.94. The zero-order valence-corrected chi connectivity index (χ0v) is 44.7. The highest BCUT2D eigenvalue weighted by Crippen LogP contribution is 2.42. The smallest absolute Gasteiger partial charge is 0.300 e. The predicted octanol–water partition coefficient (Wildman–Crippen LogP) is 18.3. The van der Waals surface area contributed by atoms with E-state index in [2.05, 4.69) is 4.90 Å². The minimum Gasteiger partial charge on any atom is -0.504 e. The van der Waals surface area contributed by atoms with Crippen molar-refractivity contribution in [3.8, 4) is 11.5 Å². The second-order valence-corrected chi connectivity index (χ2v) is 21.0. The molecule has 0 unspecified atom stereocenters. The Kier molecular flexibility index (Phi) is 43.3. The van der Waals surface area contributed by atoms with Gasteiger partial charge in [-0.25, -0.2) is 0 Å². The third-order valence-electron chi connectivity index (χ3n) is 14.4. The Balaban J connectivity index is 0.00000267. The average molecular weight is 957 g/mol. The molecule has 0 amide bonds. The first-order chi connectivity index (χ1) is 33.1. The van der Waals surface area contributed by atoms with Crippen molar-refractivity contribution < 1.29 is 34.8 Å². The van der Waals surface area contributed by atoms with Gasteiger partial charge in [0.1, 0.15) is 5.78 Å². The maximum absolute atomic E-state index is 12.3. The summed E-state index contributed by atoms with van der Waals surface area (Å²) < 4.78 is 0. The number of benzene rings is 1. The number of anilines is 1. The van der Waals surface area contributed by atoms with Crippen molar-refractivity contribution in [2.75, 3.05) is 18.0 Å². The van der Waals surface area contributed by atoms with Gasteiger partial charge in [0.25, 0.3) is 11.9 Å². The third-order valence-corrected chi connectivity index (χ3v) is 14.4. The Bertz CT molecular complexity index is 1300. The lowest BCUT2D eigenvalue weighted by molar-refractivity contribution is -0.135. The molecule has 0 radical (unpaired) electrons. The lowest BCUT2D eigenvalue weighted by Gasteiger charge is -2.31. The second-order valence-electron chi connectivity index (χ2n) is 21.0. The maximum Gasteiger partial charge on any atom is 0.300 e. The van der Waals surface area contributed by atoms with Gasteiger partial charge in [0, 0.05) is 51.0 Å². The van der Waals surface area contributed by atoms with Gasteiger partial charge >= 0.3 is 0 Å². The van der Waals surface area contributed by atoms with E-state index in [-0.39, 0.29) is 11.5 Å². The van der Waals surface area contributed by atoms with Crippen LogP contribution in [0.25, 0.3) is 0 Å². The van der Waals surface area contributed by atoms with Crippen LogP contribution in [0.15, 0.2) is 6.07 Å². The first-order valence-electron chi connectivity index (χ1n) is 29.4. The van der Waals surface area contributed by atoms with E-state index in [0.717, 1.165) is 77.4 Å². The zero-order valence-electron chi connectivity index (χ0n) is 44.7. The highest BCUT2D eigenvalue weighted by atomic mass is 16.4. The van der Waals surface area contributed by atoms with E-state index in [1.165, 1.54) is 268 Å². The number of carbonyl (C=O) groups is 3. The van der Waals surface area contributed by atoms with Gasteiger partial charge < -0.3 is 25.3 Å². The molecule has 1 aromatic rings. The van der Waals surface area contributed by atoms with Crippen LogP contribution in [-0.2, 0) is 27.2 Å². The third kappa shape index (κ3) is 39.0. The van der Waals surface area contributed by atoms with Gasteiger partial charge in [-0.1, -0.05) is 238 Å². The summed E-state index contributed by atoms with van der Waals surface area (Å²) in [4.78, 5) is 33.0. The van der Waals surface area contributed by atoms with Crippen molar-refractivity contribution in [1.82, 2.24) is 0 Å². The molecule has 1 aliphatic carbocycles. The number of rotatable bonds is 1. The fourth-order valence-electron chi connectivity index (χ4n) is 10.5. The molecule has 4 N–H and O–H groups in total. The predicted molar refractivity (Wildman–Crippen MR) is 289 cm³/mol. The highest BCUT2D eigenvalue weighted by molar-refractivity contribution is 5.78. The van der Waals surface area contributed by atoms with E-state index >= 15 is 0 Å². The van der Waals surface area contributed by atoms with Crippen molar-refractivity contribution in [3.63, 3.8) is 0 Å². The Hall–Kier alpha value is -2.77. The molecule has 8 nitrogen and oxygen atoms in total. The lowest BCUT2D eigenvalue weighted by Crippen LogP contribution is -2.28. The average Bonchev–Trinajstić information content (AvgIpc) is 3.29. The topological polar surface area (TPSA) is 135 Å². The van der Waals surface area contributed by atoms with E-state index in [1.54, 1.807) is 0 Å². The van der Waals surface area contributed by atoms with Crippen LogP contribution in [0.4, 0.5) is 5.69 Å². The largest absolute Gasteiger partial charge is 0.504 e. The number of nitrogens with zero attached hydrogens (tertiary/aromatic N) is 1. The van der Waals surface area contributed by atoms with Gasteiger partial charge in [0.05, 0.1) is 0 Å². The minimum absolute atomic E-state index is 0.106. The second kappa shape index (κ2) is 46.6. The van der Waals surface area contributed by atoms with Gasteiger partial charge in [-0.3, -0.25) is 14.4 Å². The van der Waals surface area contributed by atoms with Crippen LogP contribution in [0.2, 0.25) is 0 Å². The van der Waals surface area contributed by atoms with Gasteiger partial charge in [-0.05, 0) is 63.0 Å². The number of aryl methyl sites for hydroxylation is 1. The fraction of sp³-hybridized carbons (Fsp3) is 0.850. The first-order valence-corrected chi connectivity index (χ1v) is 29.4. The van der Waals surface area contributed by atoms with Crippen LogP contribution in [0.1, 0.15) is 314 Å². The Labute approximate surface area is 419 Å². The summed E-state index contributed by atoms with van der Waals surface area (Å²) in [6.07, 6.45) is 60.2. The number of aliphatic carboxylic acids is 2. The van der Waals surface area contributed by atoms with Crippen LogP contribution in [0.3, 0.4) is 0 Å². The molecule has 2 aliphatic rings. The van der Waals surface area contributed by atoms with Gasteiger partial charge in [-0.15, -0.1) is 0 Å². The fourth-order valence-corrected chi connectivity index (χ4v) is 10.5. The number of aromatic hydroxyl groups is 2. The molecular formula is C60H109NO7. The van der Waals surface area contributed by atoms with Crippen molar-refractivity contribution in [2.45, 2.75) is 316 Å². The number of hydrogen-bond acceptors (Lipinski definition) is 6. The summed E-state index contributed by atoms with van der Waals surface area (Å²) in [7, 11) is 0. The van der Waals surface area contributed by atoms with Crippen LogP contribution in [-0.4, -0.2) is 51.2 Å². The number of phenols is 2. The van der Waals surface area contributed by atoms with Crippen molar-refractivity contribution >= 4 is 23.4 Å². The molecule has 1 saturated heterocycles. The molecule has 0 saturated carbocycles. The number of carboxylic acids is 2. The monoisotopic (exact) mass is 956 g/mol. The quantitative estimate of drug-likeness (QED) is 0.204. The summed E-state index contributed by atoms with van der Waals surface area (Å²) in [5, 5.41) is 37.6. The molecule has 3 rings (SSSR count). The van der Waals surface area contributed by atoms with E-state index in [0.29, 0.717) is 5.78 Å². The van der Waals surface area contributed by atoms with E-state index in [4.69, 9.17) is 19.8 Å². The van der Waals surface area contributed by atoms with Gasteiger partial charge in [0.2, 0.25) is 0 Å². The van der Waals surface area contributed by atoms with Crippen LogP contribution >= 0.6 is 0 Å². The normalized spacial score (nSPS) is 20.6. The Morgan fingerprint density at radius 2 is 0.588 bits per heavy atom. The number of ketones is 1. The zero-order chi connectivity index (χ0) is 49.6. The molecule has 0 aromatic heterocycles. The number of phenolic OH excluding ortho intramolecular Hbond substituents is 2. The molecule has 1 fully saturated rings. The molecular weight excluding hydrogens is 847 g/mol. The number of fused-ring (bicyclic) bond motifs is 2. The van der Waals surface area contributed by atoms with Crippen LogP contribution < -0.4 is 4.90 Å². The molecule has 0 atom stereocenters. The molecule has 68 heavy (non-hydrogen) atoms. The summed E-state index contributed by atoms with van der Waals surface area (Å²) in [5.74, 6) is -0.894. The number of Topliss-reactive ketones (excluding diaryl/α,β-unsaturated/α-hetero) is 1. The van der Waals surface area contributed by atoms with Gasteiger partial charge in [0.15, 0.2) is 11.5 Å². The Morgan fingerprint density at radius 3 is 0.868 bits per heavy atom. The first kappa shape index (κ1) is 63.2. The summed E-state index contributed by atoms with van der Waals surface area (Å²) in [5.41, 5.74) is 3.63. The molecule has 0 spiro atoms. The molecule has 1 aliphatic heterocycles. The number of hydrogen-bond donors (Lipinski definition) is 4. The molecule has 8 heteroatoms. The highest BCUT2D eigenvalue weighted by Gasteiger charge is 2.22.